The molecule has 0 radical (unpaired) electrons. The molecule has 124 valence electrons. The third-order valence-electron chi connectivity index (χ3n) is 4.30. The molecule has 1 aromatic carbocycles. The molecule has 2 aliphatic heterocycles. The lowest BCUT2D eigenvalue weighted by Gasteiger charge is -2.16. The Morgan fingerprint density at radius 3 is 2.83 bits per heavy atom. The number of carbonyl (C=O) groups excluding carboxylic acids is 2. The van der Waals surface area contributed by atoms with Gasteiger partial charge >= 0.3 is 0 Å². The van der Waals surface area contributed by atoms with Crippen molar-refractivity contribution in [3.05, 3.63) is 24.3 Å². The number of anilines is 1. The molecule has 2 fully saturated rings. The van der Waals surface area contributed by atoms with Crippen molar-refractivity contribution in [2.24, 2.45) is 0 Å². The van der Waals surface area contributed by atoms with E-state index in [1.54, 1.807) is 12.1 Å². The normalized spacial score (nSPS) is 20.5. The van der Waals surface area contributed by atoms with Crippen LogP contribution in [0.4, 0.5) is 5.69 Å². The van der Waals surface area contributed by atoms with Crippen molar-refractivity contribution < 1.29 is 14.3 Å². The van der Waals surface area contributed by atoms with Gasteiger partial charge in [0.05, 0.1) is 6.04 Å². The fourth-order valence-corrected chi connectivity index (χ4v) is 3.00. The van der Waals surface area contributed by atoms with Gasteiger partial charge in [-0.15, -0.1) is 0 Å². The number of nitrogens with one attached hydrogen (secondary N) is 2. The van der Waals surface area contributed by atoms with Gasteiger partial charge in [0.25, 0.3) is 5.91 Å². The van der Waals surface area contributed by atoms with Gasteiger partial charge in [-0.1, -0.05) is 6.07 Å². The van der Waals surface area contributed by atoms with E-state index in [0.29, 0.717) is 11.4 Å². The van der Waals surface area contributed by atoms with Gasteiger partial charge in [-0.25, -0.2) is 0 Å². The Hall–Kier alpha value is -2.08. The summed E-state index contributed by atoms with van der Waals surface area (Å²) in [6.45, 7) is 2.58. The SMILES string of the molecule is O=C(Nc1cccc(OCC(=O)N2CCCC2)c1)C1CCCN1. The second kappa shape index (κ2) is 7.46. The van der Waals surface area contributed by atoms with E-state index >= 15 is 0 Å². The van der Waals surface area contributed by atoms with Gasteiger partial charge in [0.2, 0.25) is 5.91 Å². The number of likely N-dealkylation sites (tertiary alicyclic amines) is 1. The molecule has 0 bridgehead atoms. The highest BCUT2D eigenvalue weighted by Gasteiger charge is 2.22. The maximum Gasteiger partial charge on any atom is 0.260 e. The van der Waals surface area contributed by atoms with Crippen LogP contribution in [0.3, 0.4) is 0 Å². The lowest BCUT2D eigenvalue weighted by molar-refractivity contribution is -0.132. The molecule has 23 heavy (non-hydrogen) atoms. The number of carbonyl (C=O) groups is 2. The molecule has 6 nitrogen and oxygen atoms in total. The van der Waals surface area contributed by atoms with Gasteiger partial charge in [-0.3, -0.25) is 9.59 Å². The molecule has 2 N–H and O–H groups in total. The summed E-state index contributed by atoms with van der Waals surface area (Å²) in [5, 5.41) is 6.06. The lowest BCUT2D eigenvalue weighted by atomic mass is 10.2. The highest BCUT2D eigenvalue weighted by Crippen LogP contribution is 2.19. The Labute approximate surface area is 136 Å². The van der Waals surface area contributed by atoms with Gasteiger partial charge in [-0.05, 0) is 44.4 Å². The molecule has 1 aromatic rings. The third-order valence-corrected chi connectivity index (χ3v) is 4.30. The second-order valence-electron chi connectivity index (χ2n) is 6.04. The zero-order valence-corrected chi connectivity index (χ0v) is 13.2. The van der Waals surface area contributed by atoms with Crippen LogP contribution in [0.15, 0.2) is 24.3 Å². The molecule has 2 amide bonds. The first-order chi connectivity index (χ1) is 11.2. The van der Waals surface area contributed by atoms with E-state index in [2.05, 4.69) is 10.6 Å². The minimum absolute atomic E-state index is 0.0205. The number of nitrogens with zero attached hydrogens (tertiary/aromatic N) is 1. The molecule has 0 aromatic heterocycles. The van der Waals surface area contributed by atoms with Gasteiger partial charge in [0, 0.05) is 24.8 Å². The van der Waals surface area contributed by atoms with Crippen LogP contribution in [0.5, 0.6) is 5.75 Å². The molecule has 1 atom stereocenters. The minimum atomic E-state index is -0.115. The van der Waals surface area contributed by atoms with Gasteiger partial charge in [0.1, 0.15) is 5.75 Å². The van der Waals surface area contributed by atoms with Crippen molar-refractivity contribution in [2.45, 2.75) is 31.7 Å². The van der Waals surface area contributed by atoms with Gasteiger partial charge < -0.3 is 20.3 Å². The molecule has 2 saturated heterocycles. The van der Waals surface area contributed by atoms with Crippen LogP contribution >= 0.6 is 0 Å². The molecule has 0 saturated carbocycles. The lowest BCUT2D eigenvalue weighted by Crippen LogP contribution is -2.35. The predicted octanol–water partition coefficient (Wildman–Crippen LogP) is 1.38. The summed E-state index contributed by atoms with van der Waals surface area (Å²) in [6.07, 6.45) is 4.04. The van der Waals surface area contributed by atoms with Crippen molar-refractivity contribution in [3.8, 4) is 5.75 Å². The Morgan fingerprint density at radius 1 is 1.26 bits per heavy atom. The molecule has 1 unspecified atom stereocenters. The summed E-state index contributed by atoms with van der Waals surface area (Å²) in [5.41, 5.74) is 0.690. The largest absolute Gasteiger partial charge is 0.484 e. The Balaban J connectivity index is 1.52. The molecule has 6 heteroatoms. The minimum Gasteiger partial charge on any atom is -0.484 e. The summed E-state index contributed by atoms with van der Waals surface area (Å²) in [4.78, 5) is 25.9. The monoisotopic (exact) mass is 317 g/mol. The van der Waals surface area contributed by atoms with Crippen molar-refractivity contribution >= 4 is 17.5 Å². The first-order valence-electron chi connectivity index (χ1n) is 8.27. The maximum absolute atomic E-state index is 12.1. The fourth-order valence-electron chi connectivity index (χ4n) is 3.00. The van der Waals surface area contributed by atoms with Crippen molar-refractivity contribution in [1.82, 2.24) is 10.2 Å². The van der Waals surface area contributed by atoms with Crippen LogP contribution in [0, 0.1) is 0 Å². The van der Waals surface area contributed by atoms with Crippen LogP contribution < -0.4 is 15.4 Å². The number of rotatable bonds is 5. The first kappa shape index (κ1) is 15.8. The Kier molecular flexibility index (Phi) is 5.12. The quantitative estimate of drug-likeness (QED) is 0.861. The van der Waals surface area contributed by atoms with Crippen LogP contribution in [0.1, 0.15) is 25.7 Å². The smallest absolute Gasteiger partial charge is 0.260 e. The van der Waals surface area contributed by atoms with Crippen LogP contribution in [-0.2, 0) is 9.59 Å². The molecule has 2 aliphatic rings. The van der Waals surface area contributed by atoms with E-state index in [0.717, 1.165) is 45.3 Å². The zero-order chi connectivity index (χ0) is 16.1. The number of amides is 2. The van der Waals surface area contributed by atoms with E-state index < -0.39 is 0 Å². The van der Waals surface area contributed by atoms with E-state index in [1.807, 2.05) is 17.0 Å². The van der Waals surface area contributed by atoms with Crippen molar-refractivity contribution in [3.63, 3.8) is 0 Å². The van der Waals surface area contributed by atoms with Gasteiger partial charge in [-0.2, -0.15) is 0 Å². The summed E-state index contributed by atoms with van der Waals surface area (Å²) in [5.74, 6) is 0.592. The van der Waals surface area contributed by atoms with Crippen molar-refractivity contribution in [2.75, 3.05) is 31.6 Å². The van der Waals surface area contributed by atoms with E-state index in [4.69, 9.17) is 4.74 Å². The Morgan fingerprint density at radius 2 is 2.09 bits per heavy atom. The maximum atomic E-state index is 12.1. The summed E-state index contributed by atoms with van der Waals surface area (Å²) in [6, 6.07) is 7.07. The summed E-state index contributed by atoms with van der Waals surface area (Å²) in [7, 11) is 0. The highest BCUT2D eigenvalue weighted by molar-refractivity contribution is 5.95. The number of hydrogen-bond donors (Lipinski definition) is 2. The van der Waals surface area contributed by atoms with E-state index in [9.17, 15) is 9.59 Å². The number of benzene rings is 1. The topological polar surface area (TPSA) is 70.7 Å². The molecular weight excluding hydrogens is 294 g/mol. The molecule has 3 rings (SSSR count). The number of hydrogen-bond acceptors (Lipinski definition) is 4. The summed E-state index contributed by atoms with van der Waals surface area (Å²) < 4.78 is 5.57. The first-order valence-corrected chi connectivity index (χ1v) is 8.27. The molecule has 0 spiro atoms. The van der Waals surface area contributed by atoms with Crippen LogP contribution in [0.25, 0.3) is 0 Å². The average molecular weight is 317 g/mol. The van der Waals surface area contributed by atoms with Crippen molar-refractivity contribution in [1.29, 1.82) is 0 Å². The van der Waals surface area contributed by atoms with E-state index in [1.165, 1.54) is 0 Å². The fraction of sp³-hybridized carbons (Fsp3) is 0.529. The molecular formula is C17H23N3O3. The third kappa shape index (κ3) is 4.22. The van der Waals surface area contributed by atoms with E-state index in [-0.39, 0.29) is 24.5 Å². The highest BCUT2D eigenvalue weighted by atomic mass is 16.5. The Bertz CT molecular complexity index is 564. The van der Waals surface area contributed by atoms with Gasteiger partial charge in [0.15, 0.2) is 6.61 Å². The molecule has 2 heterocycles. The predicted molar refractivity (Wildman–Crippen MR) is 87.4 cm³/mol. The van der Waals surface area contributed by atoms with Crippen LogP contribution in [0.2, 0.25) is 0 Å². The zero-order valence-electron chi connectivity index (χ0n) is 13.2. The number of ether oxygens (including phenoxy) is 1. The second-order valence-corrected chi connectivity index (χ2v) is 6.04. The van der Waals surface area contributed by atoms with Crippen LogP contribution in [-0.4, -0.2) is 49.0 Å². The average Bonchev–Trinajstić information content (AvgIpc) is 3.25. The summed E-state index contributed by atoms with van der Waals surface area (Å²) >= 11 is 0. The molecule has 0 aliphatic carbocycles. The standard InChI is InChI=1S/C17H23N3O3/c21-16(20-9-1-2-10-20)12-23-14-6-3-5-13(11-14)19-17(22)15-7-4-8-18-15/h3,5-6,11,15,18H,1-2,4,7-10,12H2,(H,19,22).